The zero-order valence-electron chi connectivity index (χ0n) is 10.0. The highest BCUT2D eigenvalue weighted by atomic mass is 127. The summed E-state index contributed by atoms with van der Waals surface area (Å²) in [5, 5.41) is 10.9. The number of halogens is 2. The van der Waals surface area contributed by atoms with Gasteiger partial charge < -0.3 is 10.1 Å². The van der Waals surface area contributed by atoms with E-state index in [1.165, 1.54) is 6.07 Å². The fourth-order valence-electron chi connectivity index (χ4n) is 1.94. The lowest BCUT2D eigenvalue weighted by Crippen LogP contribution is -2.09. The van der Waals surface area contributed by atoms with Crippen LogP contribution in [0.1, 0.15) is 0 Å². The SMILES string of the molecule is O=c1[nH]c(-c2cc(Cl)ccc2O)nc2ccc(I)cc12. The van der Waals surface area contributed by atoms with E-state index in [1.54, 1.807) is 24.3 Å². The molecule has 1 aromatic heterocycles. The van der Waals surface area contributed by atoms with Crippen LogP contribution in [0, 0.1) is 3.57 Å². The van der Waals surface area contributed by atoms with Crippen molar-refractivity contribution in [2.45, 2.75) is 0 Å². The van der Waals surface area contributed by atoms with Gasteiger partial charge in [-0.1, -0.05) is 11.6 Å². The van der Waals surface area contributed by atoms with E-state index >= 15 is 0 Å². The van der Waals surface area contributed by atoms with Gasteiger partial charge in [-0.15, -0.1) is 0 Å². The highest BCUT2D eigenvalue weighted by Crippen LogP contribution is 2.29. The van der Waals surface area contributed by atoms with Gasteiger partial charge >= 0.3 is 0 Å². The first-order valence-corrected chi connectivity index (χ1v) is 7.19. The summed E-state index contributed by atoms with van der Waals surface area (Å²) in [7, 11) is 0. The molecular weight excluding hydrogens is 391 g/mol. The van der Waals surface area contributed by atoms with Crippen LogP contribution in [0.5, 0.6) is 5.75 Å². The van der Waals surface area contributed by atoms with Crippen molar-refractivity contribution in [3.63, 3.8) is 0 Å². The molecule has 4 nitrogen and oxygen atoms in total. The van der Waals surface area contributed by atoms with Gasteiger partial charge in [0, 0.05) is 8.59 Å². The number of phenolic OH excluding ortho intramolecular Hbond substituents is 1. The summed E-state index contributed by atoms with van der Waals surface area (Å²) >= 11 is 8.05. The van der Waals surface area contributed by atoms with Gasteiger partial charge in [-0.25, -0.2) is 4.98 Å². The Hall–Kier alpha value is -1.60. The highest BCUT2D eigenvalue weighted by Gasteiger charge is 2.10. The largest absolute Gasteiger partial charge is 0.507 e. The molecule has 20 heavy (non-hydrogen) atoms. The maximum Gasteiger partial charge on any atom is 0.259 e. The average molecular weight is 399 g/mol. The molecule has 100 valence electrons. The Morgan fingerprint density at radius 3 is 2.80 bits per heavy atom. The number of hydrogen-bond donors (Lipinski definition) is 2. The fraction of sp³-hybridized carbons (Fsp3) is 0. The molecule has 0 aliphatic carbocycles. The maximum atomic E-state index is 12.1. The van der Waals surface area contributed by atoms with Crippen LogP contribution in [-0.4, -0.2) is 15.1 Å². The minimum atomic E-state index is -0.247. The van der Waals surface area contributed by atoms with E-state index in [1.807, 2.05) is 6.07 Å². The number of aromatic nitrogens is 2. The lowest BCUT2D eigenvalue weighted by molar-refractivity contribution is 0.477. The number of aromatic amines is 1. The van der Waals surface area contributed by atoms with Gasteiger partial charge in [0.05, 0.1) is 16.5 Å². The molecule has 0 saturated carbocycles. The van der Waals surface area contributed by atoms with Crippen molar-refractivity contribution >= 4 is 45.1 Å². The predicted octanol–water partition coefficient (Wildman–Crippen LogP) is 3.55. The van der Waals surface area contributed by atoms with Gasteiger partial charge in [-0.2, -0.15) is 0 Å². The number of hydrogen-bond acceptors (Lipinski definition) is 3. The fourth-order valence-corrected chi connectivity index (χ4v) is 2.60. The number of nitrogens with one attached hydrogen (secondary N) is 1. The Bertz CT molecular complexity index is 877. The number of nitrogens with zero attached hydrogens (tertiary/aromatic N) is 1. The Morgan fingerprint density at radius 2 is 2.00 bits per heavy atom. The molecule has 0 atom stereocenters. The molecule has 0 amide bonds. The van der Waals surface area contributed by atoms with Crippen LogP contribution in [0.25, 0.3) is 22.3 Å². The van der Waals surface area contributed by atoms with Crippen LogP contribution in [0.3, 0.4) is 0 Å². The third-order valence-corrected chi connectivity index (χ3v) is 3.79. The van der Waals surface area contributed by atoms with Gasteiger partial charge in [-0.3, -0.25) is 4.79 Å². The number of fused-ring (bicyclic) bond motifs is 1. The van der Waals surface area contributed by atoms with Crippen molar-refractivity contribution in [2.24, 2.45) is 0 Å². The summed E-state index contributed by atoms with van der Waals surface area (Å²) in [5.41, 5.74) is 0.724. The van der Waals surface area contributed by atoms with Crippen LogP contribution in [0.15, 0.2) is 41.2 Å². The number of aromatic hydroxyl groups is 1. The molecule has 0 fully saturated rings. The monoisotopic (exact) mass is 398 g/mol. The zero-order chi connectivity index (χ0) is 14.3. The summed E-state index contributed by atoms with van der Waals surface area (Å²) in [6.45, 7) is 0. The summed E-state index contributed by atoms with van der Waals surface area (Å²) in [6.07, 6.45) is 0. The van der Waals surface area contributed by atoms with Crippen LogP contribution < -0.4 is 5.56 Å². The molecule has 0 saturated heterocycles. The predicted molar refractivity (Wildman–Crippen MR) is 87.2 cm³/mol. The van der Waals surface area contributed by atoms with Gasteiger partial charge in [0.1, 0.15) is 11.6 Å². The highest BCUT2D eigenvalue weighted by molar-refractivity contribution is 14.1. The van der Waals surface area contributed by atoms with Crippen molar-refractivity contribution < 1.29 is 5.11 Å². The molecule has 0 aliphatic heterocycles. The Morgan fingerprint density at radius 1 is 1.20 bits per heavy atom. The van der Waals surface area contributed by atoms with E-state index in [-0.39, 0.29) is 11.3 Å². The number of rotatable bonds is 1. The quantitative estimate of drug-likeness (QED) is 0.616. The number of benzene rings is 2. The van der Waals surface area contributed by atoms with Crippen molar-refractivity contribution in [2.75, 3.05) is 0 Å². The van der Waals surface area contributed by atoms with Crippen molar-refractivity contribution in [1.82, 2.24) is 9.97 Å². The second-order valence-electron chi connectivity index (χ2n) is 4.24. The summed E-state index contributed by atoms with van der Waals surface area (Å²) in [4.78, 5) is 19.2. The molecule has 0 unspecified atom stereocenters. The average Bonchev–Trinajstić information content (AvgIpc) is 2.42. The van der Waals surface area contributed by atoms with Crippen LogP contribution in [0.2, 0.25) is 5.02 Å². The van der Waals surface area contributed by atoms with E-state index in [4.69, 9.17) is 11.6 Å². The minimum absolute atomic E-state index is 0.0161. The molecule has 0 aliphatic rings. The molecule has 3 aromatic rings. The van der Waals surface area contributed by atoms with Crippen molar-refractivity contribution in [1.29, 1.82) is 0 Å². The van der Waals surface area contributed by atoms with Crippen LogP contribution in [-0.2, 0) is 0 Å². The van der Waals surface area contributed by atoms with E-state index in [0.29, 0.717) is 27.3 Å². The first-order valence-electron chi connectivity index (χ1n) is 5.73. The first kappa shape index (κ1) is 13.4. The molecule has 2 aromatic carbocycles. The van der Waals surface area contributed by atoms with Crippen LogP contribution in [0.4, 0.5) is 0 Å². The summed E-state index contributed by atoms with van der Waals surface area (Å²) in [5.74, 6) is 0.311. The van der Waals surface area contributed by atoms with E-state index in [0.717, 1.165) is 3.57 Å². The van der Waals surface area contributed by atoms with E-state index in [9.17, 15) is 9.90 Å². The number of H-pyrrole nitrogens is 1. The Balaban J connectivity index is 2.30. The molecular formula is C14H8ClIN2O2. The van der Waals surface area contributed by atoms with Crippen LogP contribution >= 0.6 is 34.2 Å². The Labute approximate surface area is 132 Å². The topological polar surface area (TPSA) is 66.0 Å². The third kappa shape index (κ3) is 2.38. The lowest BCUT2D eigenvalue weighted by Gasteiger charge is -2.06. The molecule has 0 radical (unpaired) electrons. The first-order chi connectivity index (χ1) is 9.54. The summed E-state index contributed by atoms with van der Waals surface area (Å²) < 4.78 is 0.959. The van der Waals surface area contributed by atoms with E-state index in [2.05, 4.69) is 32.6 Å². The molecule has 3 rings (SSSR count). The minimum Gasteiger partial charge on any atom is -0.507 e. The maximum absolute atomic E-state index is 12.1. The summed E-state index contributed by atoms with van der Waals surface area (Å²) in [6, 6.07) is 10.0. The Kier molecular flexibility index (Phi) is 3.39. The van der Waals surface area contributed by atoms with Gasteiger partial charge in [0.25, 0.3) is 5.56 Å². The molecule has 0 spiro atoms. The second-order valence-corrected chi connectivity index (χ2v) is 5.92. The van der Waals surface area contributed by atoms with E-state index < -0.39 is 0 Å². The van der Waals surface area contributed by atoms with Gasteiger partial charge in [0.2, 0.25) is 0 Å². The number of phenols is 1. The van der Waals surface area contributed by atoms with Crippen molar-refractivity contribution in [3.8, 4) is 17.1 Å². The van der Waals surface area contributed by atoms with Crippen molar-refractivity contribution in [3.05, 3.63) is 55.3 Å². The zero-order valence-corrected chi connectivity index (χ0v) is 12.9. The van der Waals surface area contributed by atoms with Gasteiger partial charge in [-0.05, 0) is 59.0 Å². The lowest BCUT2D eigenvalue weighted by atomic mass is 10.1. The molecule has 6 heteroatoms. The molecule has 0 bridgehead atoms. The molecule has 1 heterocycles. The van der Waals surface area contributed by atoms with Gasteiger partial charge in [0.15, 0.2) is 0 Å². The normalized spacial score (nSPS) is 10.9. The third-order valence-electron chi connectivity index (χ3n) is 2.88. The second kappa shape index (κ2) is 5.06. The molecule has 2 N–H and O–H groups in total. The standard InChI is InChI=1S/C14H8ClIN2O2/c15-7-1-4-12(19)10(5-7)13-17-11-3-2-8(16)6-9(11)14(20)18-13/h1-6,19H,(H,17,18,20). The smallest absolute Gasteiger partial charge is 0.259 e.